The summed E-state index contributed by atoms with van der Waals surface area (Å²) < 4.78 is 5.51. The predicted octanol–water partition coefficient (Wildman–Crippen LogP) is 3.83. The van der Waals surface area contributed by atoms with Crippen LogP contribution < -0.4 is 10.6 Å². The van der Waals surface area contributed by atoms with Crippen molar-refractivity contribution < 1.29 is 9.53 Å². The molecule has 160 valence electrons. The zero-order chi connectivity index (χ0) is 20.0. The zero-order valence-corrected chi connectivity index (χ0v) is 20.9. The zero-order valence-electron chi connectivity index (χ0n) is 17.8. The Kier molecular flexibility index (Phi) is 9.96. The third-order valence-corrected chi connectivity index (χ3v) is 5.20. The Morgan fingerprint density at radius 3 is 2.68 bits per heavy atom. The van der Waals surface area contributed by atoms with Crippen molar-refractivity contribution in [2.45, 2.75) is 72.6 Å². The highest BCUT2D eigenvalue weighted by atomic mass is 127. The van der Waals surface area contributed by atoms with E-state index in [-0.39, 0.29) is 36.1 Å². The van der Waals surface area contributed by atoms with Gasteiger partial charge in [-0.25, -0.2) is 14.8 Å². The summed E-state index contributed by atoms with van der Waals surface area (Å²) in [5.41, 5.74) is 0.573. The van der Waals surface area contributed by atoms with Crippen LogP contribution in [0.1, 0.15) is 56.1 Å². The molecule has 2 heterocycles. The lowest BCUT2D eigenvalue weighted by Crippen LogP contribution is -2.53. The van der Waals surface area contributed by atoms with E-state index in [1.54, 1.807) is 16.2 Å². The van der Waals surface area contributed by atoms with Crippen molar-refractivity contribution in [2.24, 2.45) is 4.99 Å². The van der Waals surface area contributed by atoms with Crippen LogP contribution in [0.4, 0.5) is 4.79 Å². The highest BCUT2D eigenvalue weighted by Crippen LogP contribution is 2.18. The SMILES string of the molecule is CCNC(=NCc1sc(C)nc1C)NC1CCCN(C(=O)OC(C)(C)C)C1.I. The lowest BCUT2D eigenvalue weighted by atomic mass is 10.1. The minimum absolute atomic E-state index is 0. The molecular weight excluding hydrogens is 489 g/mol. The molecule has 1 aromatic heterocycles. The van der Waals surface area contributed by atoms with E-state index in [9.17, 15) is 4.79 Å². The average molecular weight is 523 g/mol. The molecule has 0 aromatic carbocycles. The number of aromatic nitrogens is 1. The number of piperidine rings is 1. The molecule has 2 N–H and O–H groups in total. The maximum absolute atomic E-state index is 12.3. The molecule has 1 amide bonds. The molecule has 1 saturated heterocycles. The summed E-state index contributed by atoms with van der Waals surface area (Å²) in [5, 5.41) is 7.84. The fourth-order valence-electron chi connectivity index (χ4n) is 2.97. The van der Waals surface area contributed by atoms with Gasteiger partial charge in [-0.2, -0.15) is 0 Å². The van der Waals surface area contributed by atoms with Gasteiger partial charge in [0.1, 0.15) is 5.60 Å². The number of likely N-dealkylation sites (tertiary alicyclic amines) is 1. The molecule has 0 aliphatic carbocycles. The first kappa shape index (κ1) is 24.9. The van der Waals surface area contributed by atoms with Gasteiger partial charge in [0, 0.05) is 30.6 Å². The molecule has 1 aromatic rings. The van der Waals surface area contributed by atoms with Crippen molar-refractivity contribution >= 4 is 47.4 Å². The van der Waals surface area contributed by atoms with E-state index in [2.05, 4.69) is 15.6 Å². The summed E-state index contributed by atoms with van der Waals surface area (Å²) >= 11 is 1.69. The van der Waals surface area contributed by atoms with Gasteiger partial charge in [-0.3, -0.25) is 0 Å². The first-order valence-corrected chi connectivity index (χ1v) is 10.4. The molecule has 9 heteroatoms. The number of nitrogens with one attached hydrogen (secondary N) is 2. The number of thiazole rings is 1. The molecular formula is C19H34IN5O2S. The Labute approximate surface area is 189 Å². The van der Waals surface area contributed by atoms with Gasteiger partial charge in [0.05, 0.1) is 17.2 Å². The van der Waals surface area contributed by atoms with Crippen LogP contribution in [0.25, 0.3) is 0 Å². The number of carbonyl (C=O) groups excluding carboxylic acids is 1. The van der Waals surface area contributed by atoms with E-state index in [0.29, 0.717) is 13.1 Å². The number of ether oxygens (including phenoxy) is 1. The van der Waals surface area contributed by atoms with Crippen molar-refractivity contribution in [2.75, 3.05) is 19.6 Å². The molecule has 1 fully saturated rings. The van der Waals surface area contributed by atoms with Crippen molar-refractivity contribution in [1.82, 2.24) is 20.5 Å². The van der Waals surface area contributed by atoms with Gasteiger partial charge in [0.25, 0.3) is 0 Å². The first-order chi connectivity index (χ1) is 12.7. The minimum atomic E-state index is -0.474. The molecule has 0 bridgehead atoms. The van der Waals surface area contributed by atoms with E-state index < -0.39 is 5.60 Å². The Hall–Kier alpha value is -1.10. The summed E-state index contributed by atoms with van der Waals surface area (Å²) in [6.07, 6.45) is 1.71. The second kappa shape index (κ2) is 11.2. The number of rotatable bonds is 4. The number of halogens is 1. The number of amides is 1. The number of aryl methyl sites for hydroxylation is 2. The van der Waals surface area contributed by atoms with Crippen molar-refractivity contribution in [1.29, 1.82) is 0 Å². The van der Waals surface area contributed by atoms with Crippen LogP contribution in [0.15, 0.2) is 4.99 Å². The van der Waals surface area contributed by atoms with Crippen LogP contribution in [0, 0.1) is 13.8 Å². The van der Waals surface area contributed by atoms with E-state index in [1.165, 1.54) is 4.88 Å². The van der Waals surface area contributed by atoms with Gasteiger partial charge < -0.3 is 20.3 Å². The summed E-state index contributed by atoms with van der Waals surface area (Å²) in [7, 11) is 0. The number of guanidine groups is 1. The monoisotopic (exact) mass is 523 g/mol. The van der Waals surface area contributed by atoms with Crippen LogP contribution in [0.2, 0.25) is 0 Å². The van der Waals surface area contributed by atoms with Crippen LogP contribution in [0.3, 0.4) is 0 Å². The van der Waals surface area contributed by atoms with E-state index >= 15 is 0 Å². The van der Waals surface area contributed by atoms with Gasteiger partial charge in [-0.05, 0) is 54.4 Å². The van der Waals surface area contributed by atoms with E-state index in [4.69, 9.17) is 9.73 Å². The fraction of sp³-hybridized carbons (Fsp3) is 0.737. The van der Waals surface area contributed by atoms with Crippen LogP contribution in [-0.2, 0) is 11.3 Å². The smallest absolute Gasteiger partial charge is 0.410 e. The van der Waals surface area contributed by atoms with Crippen LogP contribution in [0.5, 0.6) is 0 Å². The summed E-state index contributed by atoms with van der Waals surface area (Å²) in [6.45, 7) is 14.5. The molecule has 7 nitrogen and oxygen atoms in total. The van der Waals surface area contributed by atoms with Gasteiger partial charge in [0.15, 0.2) is 5.96 Å². The second-order valence-electron chi connectivity index (χ2n) is 7.85. The molecule has 0 spiro atoms. The third-order valence-electron chi connectivity index (χ3n) is 4.14. The Morgan fingerprint density at radius 1 is 1.39 bits per heavy atom. The van der Waals surface area contributed by atoms with E-state index in [1.807, 2.05) is 41.5 Å². The number of hydrogen-bond donors (Lipinski definition) is 2. The fourth-order valence-corrected chi connectivity index (χ4v) is 3.83. The summed E-state index contributed by atoms with van der Waals surface area (Å²) in [5.74, 6) is 0.777. The number of carbonyl (C=O) groups is 1. The average Bonchev–Trinajstić information content (AvgIpc) is 2.89. The third kappa shape index (κ3) is 8.10. The van der Waals surface area contributed by atoms with Crippen molar-refractivity contribution in [3.8, 4) is 0 Å². The number of hydrogen-bond acceptors (Lipinski definition) is 5. The van der Waals surface area contributed by atoms with Gasteiger partial charge >= 0.3 is 6.09 Å². The molecule has 28 heavy (non-hydrogen) atoms. The maximum Gasteiger partial charge on any atom is 0.410 e. The normalized spacial score (nSPS) is 17.7. The number of aliphatic imine (C=N–C) groups is 1. The highest BCUT2D eigenvalue weighted by molar-refractivity contribution is 14.0. The van der Waals surface area contributed by atoms with Crippen LogP contribution in [-0.4, -0.2) is 53.2 Å². The van der Waals surface area contributed by atoms with Gasteiger partial charge in [-0.1, -0.05) is 0 Å². The molecule has 1 atom stereocenters. The Balaban J connectivity index is 0.00000392. The van der Waals surface area contributed by atoms with Crippen LogP contribution >= 0.6 is 35.3 Å². The quantitative estimate of drug-likeness (QED) is 0.357. The summed E-state index contributed by atoms with van der Waals surface area (Å²) in [6, 6.07) is 0.161. The second-order valence-corrected chi connectivity index (χ2v) is 9.13. The molecule has 0 saturated carbocycles. The molecule has 1 aliphatic heterocycles. The lowest BCUT2D eigenvalue weighted by Gasteiger charge is -2.35. The Bertz CT molecular complexity index is 672. The predicted molar refractivity (Wildman–Crippen MR) is 126 cm³/mol. The molecule has 1 aliphatic rings. The van der Waals surface area contributed by atoms with Gasteiger partial charge in [-0.15, -0.1) is 35.3 Å². The number of nitrogens with zero attached hydrogens (tertiary/aromatic N) is 3. The van der Waals surface area contributed by atoms with Crippen molar-refractivity contribution in [3.63, 3.8) is 0 Å². The first-order valence-electron chi connectivity index (χ1n) is 9.63. The summed E-state index contributed by atoms with van der Waals surface area (Å²) in [4.78, 5) is 24.5. The largest absolute Gasteiger partial charge is 0.444 e. The topological polar surface area (TPSA) is 78.9 Å². The van der Waals surface area contributed by atoms with E-state index in [0.717, 1.165) is 42.6 Å². The van der Waals surface area contributed by atoms with Crippen molar-refractivity contribution in [3.05, 3.63) is 15.6 Å². The molecule has 2 rings (SSSR count). The Morgan fingerprint density at radius 2 is 2.11 bits per heavy atom. The highest BCUT2D eigenvalue weighted by Gasteiger charge is 2.28. The standard InChI is InChI=1S/C19H33N5O2S.HI/c1-7-20-17(21-11-16-13(2)22-14(3)27-16)23-15-9-8-10-24(12-15)18(25)26-19(4,5)6;/h15H,7-12H2,1-6H3,(H2,20,21,23);1H. The molecule has 0 radical (unpaired) electrons. The molecule has 1 unspecified atom stereocenters. The maximum atomic E-state index is 12.3. The minimum Gasteiger partial charge on any atom is -0.444 e. The lowest BCUT2D eigenvalue weighted by molar-refractivity contribution is 0.0193. The van der Waals surface area contributed by atoms with Gasteiger partial charge in [0.2, 0.25) is 0 Å².